The van der Waals surface area contributed by atoms with Crippen molar-refractivity contribution in [3.63, 3.8) is 0 Å². The number of carbonyl (C=O) groups is 1. The van der Waals surface area contributed by atoms with Crippen LogP contribution in [0.15, 0.2) is 0 Å². The number of rotatable bonds is 5. The summed E-state index contributed by atoms with van der Waals surface area (Å²) in [5.41, 5.74) is 0. The first-order chi connectivity index (χ1) is 7.69. The fourth-order valence-corrected chi connectivity index (χ4v) is 2.65. The molecule has 0 N–H and O–H groups in total. The Morgan fingerprint density at radius 3 is 2.50 bits per heavy atom. The van der Waals surface area contributed by atoms with E-state index >= 15 is 0 Å². The fraction of sp³-hybridized carbons (Fsp3) is 0.857. The molecule has 0 saturated heterocycles. The number of unbranched alkanes of at least 4 members (excludes halogenated alkanes) is 1. The topological polar surface area (TPSA) is 40.9 Å². The SMILES string of the molecule is CCCCC1CCC(C(=O)C(C)C#N)CC1. The first-order valence-electron chi connectivity index (χ1n) is 6.62. The Morgan fingerprint density at radius 1 is 1.38 bits per heavy atom. The summed E-state index contributed by atoms with van der Waals surface area (Å²) >= 11 is 0. The first-order valence-corrected chi connectivity index (χ1v) is 6.62. The second-order valence-corrected chi connectivity index (χ2v) is 5.11. The number of hydrogen-bond acceptors (Lipinski definition) is 2. The lowest BCUT2D eigenvalue weighted by Gasteiger charge is -2.28. The highest BCUT2D eigenvalue weighted by atomic mass is 16.1. The van der Waals surface area contributed by atoms with Gasteiger partial charge in [0.2, 0.25) is 0 Å². The van der Waals surface area contributed by atoms with Crippen LogP contribution in [0.1, 0.15) is 58.8 Å². The first kappa shape index (κ1) is 13.2. The summed E-state index contributed by atoms with van der Waals surface area (Å²) < 4.78 is 0. The van der Waals surface area contributed by atoms with Gasteiger partial charge in [0.25, 0.3) is 0 Å². The van der Waals surface area contributed by atoms with Crippen molar-refractivity contribution in [1.29, 1.82) is 5.26 Å². The van der Waals surface area contributed by atoms with Gasteiger partial charge in [-0.1, -0.05) is 26.2 Å². The molecular weight excluding hydrogens is 198 g/mol. The Kier molecular flexibility index (Phi) is 5.52. The van der Waals surface area contributed by atoms with E-state index in [0.29, 0.717) is 0 Å². The van der Waals surface area contributed by atoms with Gasteiger partial charge in [-0.2, -0.15) is 5.26 Å². The largest absolute Gasteiger partial charge is 0.298 e. The average molecular weight is 221 g/mol. The molecule has 90 valence electrons. The minimum Gasteiger partial charge on any atom is -0.298 e. The normalized spacial score (nSPS) is 27.1. The quantitative estimate of drug-likeness (QED) is 0.710. The molecule has 2 heteroatoms. The second-order valence-electron chi connectivity index (χ2n) is 5.11. The maximum atomic E-state index is 11.8. The highest BCUT2D eigenvalue weighted by molar-refractivity contribution is 5.85. The number of ketones is 1. The van der Waals surface area contributed by atoms with Crippen molar-refractivity contribution in [2.45, 2.75) is 58.8 Å². The number of carbonyl (C=O) groups excluding carboxylic acids is 1. The van der Waals surface area contributed by atoms with E-state index in [2.05, 4.69) is 13.0 Å². The molecule has 1 rings (SSSR count). The van der Waals surface area contributed by atoms with Crippen LogP contribution in [0.5, 0.6) is 0 Å². The maximum absolute atomic E-state index is 11.8. The minimum atomic E-state index is -0.405. The van der Waals surface area contributed by atoms with Crippen LogP contribution in [-0.2, 0) is 4.79 Å². The zero-order valence-corrected chi connectivity index (χ0v) is 10.5. The van der Waals surface area contributed by atoms with E-state index in [1.54, 1.807) is 6.92 Å². The van der Waals surface area contributed by atoms with Gasteiger partial charge in [-0.25, -0.2) is 0 Å². The third kappa shape index (κ3) is 3.63. The molecule has 0 aromatic rings. The van der Waals surface area contributed by atoms with E-state index < -0.39 is 5.92 Å². The van der Waals surface area contributed by atoms with Crippen LogP contribution in [0.4, 0.5) is 0 Å². The van der Waals surface area contributed by atoms with Crippen LogP contribution in [0.3, 0.4) is 0 Å². The van der Waals surface area contributed by atoms with Crippen LogP contribution in [0.25, 0.3) is 0 Å². The zero-order chi connectivity index (χ0) is 12.0. The molecule has 0 aromatic carbocycles. The van der Waals surface area contributed by atoms with Crippen molar-refractivity contribution < 1.29 is 4.79 Å². The van der Waals surface area contributed by atoms with Crippen molar-refractivity contribution in [2.75, 3.05) is 0 Å². The number of nitrogens with zero attached hydrogens (tertiary/aromatic N) is 1. The molecule has 1 saturated carbocycles. The summed E-state index contributed by atoms with van der Waals surface area (Å²) in [6.07, 6.45) is 8.31. The molecule has 0 bridgehead atoms. The van der Waals surface area contributed by atoms with E-state index in [-0.39, 0.29) is 11.7 Å². The fourth-order valence-electron chi connectivity index (χ4n) is 2.65. The highest BCUT2D eigenvalue weighted by Crippen LogP contribution is 2.33. The molecule has 1 atom stereocenters. The van der Waals surface area contributed by atoms with Gasteiger partial charge < -0.3 is 0 Å². The third-order valence-corrected chi connectivity index (χ3v) is 3.84. The minimum absolute atomic E-state index is 0.174. The van der Waals surface area contributed by atoms with Gasteiger partial charge in [-0.3, -0.25) is 4.79 Å². The van der Waals surface area contributed by atoms with Crippen LogP contribution < -0.4 is 0 Å². The van der Waals surface area contributed by atoms with Gasteiger partial charge in [-0.05, 0) is 38.5 Å². The van der Waals surface area contributed by atoms with Gasteiger partial charge in [0, 0.05) is 5.92 Å². The molecule has 1 aliphatic carbocycles. The summed E-state index contributed by atoms with van der Waals surface area (Å²) in [5.74, 6) is 0.780. The zero-order valence-electron chi connectivity index (χ0n) is 10.5. The summed E-state index contributed by atoms with van der Waals surface area (Å²) in [6.45, 7) is 3.95. The number of nitriles is 1. The van der Waals surface area contributed by atoms with E-state index in [1.165, 1.54) is 32.1 Å². The molecular formula is C14H23NO. The molecule has 2 nitrogen and oxygen atoms in total. The lowest BCUT2D eigenvalue weighted by Crippen LogP contribution is -2.25. The van der Waals surface area contributed by atoms with Crippen LogP contribution in [0.2, 0.25) is 0 Å². The summed E-state index contributed by atoms with van der Waals surface area (Å²) in [7, 11) is 0. The van der Waals surface area contributed by atoms with Gasteiger partial charge in [0.05, 0.1) is 6.07 Å². The van der Waals surface area contributed by atoms with Crippen LogP contribution >= 0.6 is 0 Å². The van der Waals surface area contributed by atoms with E-state index in [0.717, 1.165) is 18.8 Å². The summed E-state index contributed by atoms with van der Waals surface area (Å²) in [5, 5.41) is 8.73. The van der Waals surface area contributed by atoms with Gasteiger partial charge >= 0.3 is 0 Å². The predicted molar refractivity (Wildman–Crippen MR) is 64.8 cm³/mol. The van der Waals surface area contributed by atoms with E-state index in [9.17, 15) is 4.79 Å². The Bertz CT molecular complexity index is 258. The highest BCUT2D eigenvalue weighted by Gasteiger charge is 2.28. The monoisotopic (exact) mass is 221 g/mol. The Labute approximate surface area is 99.0 Å². The Hall–Kier alpha value is -0.840. The molecule has 0 aromatic heterocycles. The van der Waals surface area contributed by atoms with Crippen molar-refractivity contribution in [3.8, 4) is 6.07 Å². The molecule has 0 aliphatic heterocycles. The maximum Gasteiger partial charge on any atom is 0.152 e. The van der Waals surface area contributed by atoms with E-state index in [4.69, 9.17) is 5.26 Å². The average Bonchev–Trinajstić information content (AvgIpc) is 2.35. The Morgan fingerprint density at radius 2 is 2.00 bits per heavy atom. The summed E-state index contributed by atoms with van der Waals surface area (Å²) in [6, 6.07) is 2.06. The molecule has 0 heterocycles. The smallest absolute Gasteiger partial charge is 0.152 e. The molecule has 1 fully saturated rings. The molecule has 0 radical (unpaired) electrons. The van der Waals surface area contributed by atoms with E-state index in [1.807, 2.05) is 0 Å². The number of hydrogen-bond donors (Lipinski definition) is 0. The van der Waals surface area contributed by atoms with Gasteiger partial charge in [0.15, 0.2) is 5.78 Å². The standard InChI is InChI=1S/C14H23NO/c1-3-4-5-12-6-8-13(9-7-12)14(16)11(2)10-15/h11-13H,3-9H2,1-2H3. The van der Waals surface area contributed by atoms with Crippen molar-refractivity contribution >= 4 is 5.78 Å². The van der Waals surface area contributed by atoms with Crippen molar-refractivity contribution in [1.82, 2.24) is 0 Å². The third-order valence-electron chi connectivity index (χ3n) is 3.84. The molecule has 0 amide bonds. The lowest BCUT2D eigenvalue weighted by atomic mass is 9.76. The molecule has 1 unspecified atom stereocenters. The Balaban J connectivity index is 2.32. The molecule has 0 spiro atoms. The second kappa shape index (κ2) is 6.68. The number of Topliss-reactive ketones (excluding diaryl/α,β-unsaturated/α-hetero) is 1. The predicted octanol–water partition coefficient (Wildman–Crippen LogP) is 3.71. The van der Waals surface area contributed by atoms with Gasteiger partial charge in [-0.15, -0.1) is 0 Å². The lowest BCUT2D eigenvalue weighted by molar-refractivity contribution is -0.126. The van der Waals surface area contributed by atoms with Crippen LogP contribution in [-0.4, -0.2) is 5.78 Å². The van der Waals surface area contributed by atoms with Gasteiger partial charge in [0.1, 0.15) is 5.92 Å². The van der Waals surface area contributed by atoms with Crippen molar-refractivity contribution in [3.05, 3.63) is 0 Å². The van der Waals surface area contributed by atoms with Crippen LogP contribution in [0, 0.1) is 29.1 Å². The van der Waals surface area contributed by atoms with Crippen molar-refractivity contribution in [2.24, 2.45) is 17.8 Å². The molecule has 1 aliphatic rings. The summed E-state index contributed by atoms with van der Waals surface area (Å²) in [4.78, 5) is 11.8. The molecule has 16 heavy (non-hydrogen) atoms.